The summed E-state index contributed by atoms with van der Waals surface area (Å²) in [7, 11) is 0. The van der Waals surface area contributed by atoms with Gasteiger partial charge < -0.3 is 20.1 Å². The lowest BCUT2D eigenvalue weighted by atomic mass is 9.97. The van der Waals surface area contributed by atoms with Crippen molar-refractivity contribution in [3.8, 4) is 0 Å². The van der Waals surface area contributed by atoms with E-state index in [2.05, 4.69) is 10.6 Å². The van der Waals surface area contributed by atoms with E-state index < -0.39 is 29.4 Å². The van der Waals surface area contributed by atoms with E-state index in [0.29, 0.717) is 6.42 Å². The van der Waals surface area contributed by atoms with Crippen LogP contribution in [0.2, 0.25) is 0 Å². The summed E-state index contributed by atoms with van der Waals surface area (Å²) < 4.78 is 10.7. The standard InChI is InChI=1S/C20H32N2O4/c1-8-15(21-17(23)25-19(2,3)4)16(14-12-10-9-11-13-14)22-18(24)26-20(5,6)7/h9-13,15-16H,8H2,1-7H3,(H,21,23)(H,22,24)/t15-,16+/m1/s1. The molecule has 1 aromatic carbocycles. The maximum absolute atomic E-state index is 12.3. The summed E-state index contributed by atoms with van der Waals surface area (Å²) >= 11 is 0. The predicted octanol–water partition coefficient (Wildman–Crippen LogP) is 4.56. The largest absolute Gasteiger partial charge is 0.444 e. The average molecular weight is 364 g/mol. The van der Waals surface area contributed by atoms with Crippen LogP contribution < -0.4 is 10.6 Å². The first-order valence-corrected chi connectivity index (χ1v) is 8.95. The minimum Gasteiger partial charge on any atom is -0.444 e. The van der Waals surface area contributed by atoms with Crippen molar-refractivity contribution in [1.29, 1.82) is 0 Å². The van der Waals surface area contributed by atoms with Gasteiger partial charge in [0.15, 0.2) is 0 Å². The predicted molar refractivity (Wildman–Crippen MR) is 102 cm³/mol. The second kappa shape index (κ2) is 8.92. The average Bonchev–Trinajstić information content (AvgIpc) is 2.48. The lowest BCUT2D eigenvalue weighted by Crippen LogP contribution is -2.48. The van der Waals surface area contributed by atoms with Gasteiger partial charge in [-0.05, 0) is 53.5 Å². The van der Waals surface area contributed by atoms with Crippen molar-refractivity contribution in [2.45, 2.75) is 78.2 Å². The minimum atomic E-state index is -0.606. The Morgan fingerprint density at radius 1 is 0.885 bits per heavy atom. The van der Waals surface area contributed by atoms with Crippen LogP contribution in [0.25, 0.3) is 0 Å². The maximum Gasteiger partial charge on any atom is 0.408 e. The van der Waals surface area contributed by atoms with Crippen LogP contribution in [0.15, 0.2) is 30.3 Å². The van der Waals surface area contributed by atoms with Crippen molar-refractivity contribution < 1.29 is 19.1 Å². The van der Waals surface area contributed by atoms with Crippen LogP contribution in [0.5, 0.6) is 0 Å². The fourth-order valence-corrected chi connectivity index (χ4v) is 2.39. The van der Waals surface area contributed by atoms with Crippen LogP contribution in [0.3, 0.4) is 0 Å². The topological polar surface area (TPSA) is 76.7 Å². The zero-order valence-electron chi connectivity index (χ0n) is 16.9. The molecule has 0 aliphatic rings. The molecule has 0 spiro atoms. The summed E-state index contributed by atoms with van der Waals surface area (Å²) in [6, 6.07) is 8.70. The molecule has 2 amide bonds. The first-order chi connectivity index (χ1) is 11.9. The van der Waals surface area contributed by atoms with E-state index in [-0.39, 0.29) is 6.04 Å². The number of amides is 2. The molecule has 0 fully saturated rings. The molecule has 0 aromatic heterocycles. The van der Waals surface area contributed by atoms with Gasteiger partial charge in [0.1, 0.15) is 11.2 Å². The normalized spacial score (nSPS) is 14.1. The SMILES string of the molecule is CC[C@@H](NC(=O)OC(C)(C)C)[C@@H](NC(=O)OC(C)(C)C)c1ccccc1. The molecule has 0 aliphatic carbocycles. The highest BCUT2D eigenvalue weighted by Gasteiger charge is 2.29. The van der Waals surface area contributed by atoms with Crippen LogP contribution in [0.4, 0.5) is 9.59 Å². The Bertz CT molecular complexity index is 588. The Morgan fingerprint density at radius 3 is 1.77 bits per heavy atom. The Kier molecular flexibility index (Phi) is 7.48. The van der Waals surface area contributed by atoms with E-state index in [1.165, 1.54) is 0 Å². The lowest BCUT2D eigenvalue weighted by Gasteiger charge is -2.30. The lowest BCUT2D eigenvalue weighted by molar-refractivity contribution is 0.0426. The Hall–Kier alpha value is -2.24. The van der Waals surface area contributed by atoms with Gasteiger partial charge in [-0.15, -0.1) is 0 Å². The van der Waals surface area contributed by atoms with Gasteiger partial charge in [-0.25, -0.2) is 9.59 Å². The van der Waals surface area contributed by atoms with Crippen molar-refractivity contribution in [3.63, 3.8) is 0 Å². The highest BCUT2D eigenvalue weighted by Crippen LogP contribution is 2.21. The van der Waals surface area contributed by atoms with E-state index in [1.807, 2.05) is 37.3 Å². The van der Waals surface area contributed by atoms with E-state index in [1.54, 1.807) is 41.5 Å². The van der Waals surface area contributed by atoms with Crippen LogP contribution in [0, 0.1) is 0 Å². The van der Waals surface area contributed by atoms with Gasteiger partial charge in [0.05, 0.1) is 12.1 Å². The molecule has 2 atom stereocenters. The molecule has 0 radical (unpaired) electrons. The van der Waals surface area contributed by atoms with Crippen molar-refractivity contribution in [2.24, 2.45) is 0 Å². The third-order valence-electron chi connectivity index (χ3n) is 3.38. The van der Waals surface area contributed by atoms with E-state index >= 15 is 0 Å². The molecule has 0 heterocycles. The summed E-state index contributed by atoms with van der Waals surface area (Å²) in [6.07, 6.45) is -0.443. The number of hydrogen-bond donors (Lipinski definition) is 2. The van der Waals surface area contributed by atoms with Crippen molar-refractivity contribution in [2.75, 3.05) is 0 Å². The zero-order valence-corrected chi connectivity index (χ0v) is 16.9. The third-order valence-corrected chi connectivity index (χ3v) is 3.38. The molecular formula is C20H32N2O4. The summed E-state index contributed by atoms with van der Waals surface area (Å²) in [5, 5.41) is 5.74. The molecule has 6 heteroatoms. The second-order valence-electron chi connectivity index (χ2n) is 8.20. The van der Waals surface area contributed by atoms with Crippen molar-refractivity contribution in [3.05, 3.63) is 35.9 Å². The molecule has 0 saturated carbocycles. The quantitative estimate of drug-likeness (QED) is 0.803. The Balaban J connectivity index is 2.98. The number of hydrogen-bond acceptors (Lipinski definition) is 4. The van der Waals surface area contributed by atoms with Crippen LogP contribution in [0.1, 0.15) is 66.5 Å². The molecule has 1 rings (SSSR count). The van der Waals surface area contributed by atoms with Gasteiger partial charge >= 0.3 is 12.2 Å². The number of benzene rings is 1. The maximum atomic E-state index is 12.3. The summed E-state index contributed by atoms with van der Waals surface area (Å²) in [6.45, 7) is 12.8. The van der Waals surface area contributed by atoms with Crippen LogP contribution in [-0.4, -0.2) is 29.4 Å². The van der Waals surface area contributed by atoms with E-state index in [0.717, 1.165) is 5.56 Å². The Labute approximate surface area is 156 Å². The number of carbonyl (C=O) groups excluding carboxylic acids is 2. The molecule has 26 heavy (non-hydrogen) atoms. The van der Waals surface area contributed by atoms with Gasteiger partial charge in [-0.2, -0.15) is 0 Å². The smallest absolute Gasteiger partial charge is 0.408 e. The van der Waals surface area contributed by atoms with Gasteiger partial charge in [-0.3, -0.25) is 0 Å². The second-order valence-corrected chi connectivity index (χ2v) is 8.20. The zero-order chi connectivity index (χ0) is 20.0. The monoisotopic (exact) mass is 364 g/mol. The molecule has 0 unspecified atom stereocenters. The molecule has 0 aliphatic heterocycles. The number of rotatable bonds is 5. The molecule has 6 nitrogen and oxygen atoms in total. The fourth-order valence-electron chi connectivity index (χ4n) is 2.39. The van der Waals surface area contributed by atoms with E-state index in [4.69, 9.17) is 9.47 Å². The molecule has 2 N–H and O–H groups in total. The van der Waals surface area contributed by atoms with Crippen LogP contribution >= 0.6 is 0 Å². The number of ether oxygens (including phenoxy) is 2. The van der Waals surface area contributed by atoms with Gasteiger partial charge in [-0.1, -0.05) is 37.3 Å². The number of alkyl carbamates (subject to hydrolysis) is 2. The first kappa shape index (κ1) is 21.8. The number of carbonyl (C=O) groups is 2. The first-order valence-electron chi connectivity index (χ1n) is 8.95. The van der Waals surface area contributed by atoms with E-state index in [9.17, 15) is 9.59 Å². The van der Waals surface area contributed by atoms with Gasteiger partial charge in [0, 0.05) is 0 Å². The highest BCUT2D eigenvalue weighted by atomic mass is 16.6. The summed E-state index contributed by atoms with van der Waals surface area (Å²) in [5.41, 5.74) is -0.323. The summed E-state index contributed by atoms with van der Waals surface area (Å²) in [5.74, 6) is 0. The molecule has 0 saturated heterocycles. The van der Waals surface area contributed by atoms with Gasteiger partial charge in [0.25, 0.3) is 0 Å². The molecule has 0 bridgehead atoms. The fraction of sp³-hybridized carbons (Fsp3) is 0.600. The number of nitrogens with one attached hydrogen (secondary N) is 2. The molecule has 146 valence electrons. The minimum absolute atomic E-state index is 0.347. The van der Waals surface area contributed by atoms with Crippen LogP contribution in [-0.2, 0) is 9.47 Å². The highest BCUT2D eigenvalue weighted by molar-refractivity contribution is 5.70. The third kappa shape index (κ3) is 8.23. The Morgan fingerprint density at radius 2 is 1.35 bits per heavy atom. The molecule has 1 aromatic rings. The van der Waals surface area contributed by atoms with Gasteiger partial charge in [0.2, 0.25) is 0 Å². The summed E-state index contributed by atoms with van der Waals surface area (Å²) in [4.78, 5) is 24.5. The molecular weight excluding hydrogens is 332 g/mol. The van der Waals surface area contributed by atoms with Crippen molar-refractivity contribution in [1.82, 2.24) is 10.6 Å². The van der Waals surface area contributed by atoms with Crippen molar-refractivity contribution >= 4 is 12.2 Å².